The van der Waals surface area contributed by atoms with Crippen molar-refractivity contribution in [3.05, 3.63) is 10.1 Å². The van der Waals surface area contributed by atoms with Crippen molar-refractivity contribution in [1.82, 2.24) is 20.2 Å². The van der Waals surface area contributed by atoms with Crippen LogP contribution in [0.25, 0.3) is 0 Å². The summed E-state index contributed by atoms with van der Waals surface area (Å²) in [6.07, 6.45) is 1.40. The Morgan fingerprint density at radius 1 is 1.80 bits per heavy atom. The van der Waals surface area contributed by atoms with E-state index in [0.29, 0.717) is 4.68 Å². The third kappa shape index (κ3) is 0.752. The molecule has 1 rings (SSSR count). The zero-order valence-corrected chi connectivity index (χ0v) is 4.50. The number of nitrogens with zero attached hydrogens (tertiary/aromatic N) is 6. The Balaban J connectivity index is 3.17. The molecule has 0 N–H and O–H groups in total. The van der Waals surface area contributed by atoms with Crippen LogP contribution in [-0.2, 0) is 0 Å². The van der Waals surface area contributed by atoms with E-state index in [1.807, 2.05) is 0 Å². The Morgan fingerprint density at radius 3 is 2.90 bits per heavy atom. The topological polar surface area (TPSA) is 111 Å². The second-order valence-corrected chi connectivity index (χ2v) is 1.25. The summed E-state index contributed by atoms with van der Waals surface area (Å²) >= 11 is 0. The zero-order valence-electron chi connectivity index (χ0n) is 4.50. The molecule has 0 saturated heterocycles. The molecular formula is C2N6O2. The summed E-state index contributed by atoms with van der Waals surface area (Å²) in [4.78, 5) is 9.09. The van der Waals surface area contributed by atoms with Crippen LogP contribution in [0.2, 0.25) is 0 Å². The monoisotopic (exact) mass is 140 g/mol. The lowest BCUT2D eigenvalue weighted by Gasteiger charge is -1.84. The lowest BCUT2D eigenvalue weighted by atomic mass is 11.0. The Bertz CT molecular complexity index is 295. The van der Waals surface area contributed by atoms with Crippen molar-refractivity contribution >= 4 is 5.95 Å². The van der Waals surface area contributed by atoms with Crippen LogP contribution >= 0.6 is 0 Å². The average molecular weight is 140 g/mol. The van der Waals surface area contributed by atoms with E-state index in [-0.39, 0.29) is 0 Å². The van der Waals surface area contributed by atoms with Gasteiger partial charge < -0.3 is 10.1 Å². The molecule has 0 bridgehead atoms. The highest BCUT2D eigenvalue weighted by atomic mass is 16.6. The predicted molar refractivity (Wildman–Crippen MR) is 25.5 cm³/mol. The minimum Gasteiger partial charge on any atom is -0.390 e. The number of tetrazole rings is 1. The van der Waals surface area contributed by atoms with Gasteiger partial charge in [-0.15, -0.1) is 0 Å². The van der Waals surface area contributed by atoms with E-state index >= 15 is 0 Å². The Hall–Kier alpha value is -2.04. The molecule has 0 aliphatic carbocycles. The number of hydrogen-bond donors (Lipinski definition) is 0. The van der Waals surface area contributed by atoms with Gasteiger partial charge >= 0.3 is 5.95 Å². The molecule has 0 aromatic carbocycles. The van der Waals surface area contributed by atoms with E-state index < -0.39 is 10.9 Å². The average Bonchev–Trinajstić information content (AvgIpc) is 2.33. The fourth-order valence-electron chi connectivity index (χ4n) is 0.361. The molecule has 0 unspecified atom stereocenters. The Kier molecular flexibility index (Phi) is 1.25. The second kappa shape index (κ2) is 2.06. The van der Waals surface area contributed by atoms with Gasteiger partial charge in [-0.25, -0.2) is 0 Å². The van der Waals surface area contributed by atoms with E-state index in [2.05, 4.69) is 15.5 Å². The molecule has 0 saturated carbocycles. The van der Waals surface area contributed by atoms with Gasteiger partial charge in [-0.05, 0) is 9.61 Å². The van der Waals surface area contributed by atoms with E-state index in [1.165, 1.54) is 6.19 Å². The van der Waals surface area contributed by atoms with Crippen molar-refractivity contribution in [3.63, 3.8) is 0 Å². The summed E-state index contributed by atoms with van der Waals surface area (Å²) in [6, 6.07) is 0. The minimum absolute atomic E-state index is 0.417. The smallest absolute Gasteiger partial charge is 0.390 e. The van der Waals surface area contributed by atoms with Gasteiger partial charge in [-0.3, -0.25) is 0 Å². The largest absolute Gasteiger partial charge is 0.494 e. The van der Waals surface area contributed by atoms with Crippen molar-refractivity contribution in [2.45, 2.75) is 0 Å². The molecule has 1 aromatic rings. The van der Waals surface area contributed by atoms with Gasteiger partial charge in [0.2, 0.25) is 0 Å². The molecule has 0 spiro atoms. The van der Waals surface area contributed by atoms with Crippen LogP contribution in [0.15, 0.2) is 0 Å². The van der Waals surface area contributed by atoms with Gasteiger partial charge in [-0.2, -0.15) is 5.26 Å². The quantitative estimate of drug-likeness (QED) is 0.362. The predicted octanol–water partition coefficient (Wildman–Crippen LogP) is -1.09. The number of rotatable bonds is 1. The molecule has 0 fully saturated rings. The summed E-state index contributed by atoms with van der Waals surface area (Å²) in [7, 11) is 0. The summed E-state index contributed by atoms with van der Waals surface area (Å²) in [5.74, 6) is -0.678. The maximum absolute atomic E-state index is 9.93. The van der Waals surface area contributed by atoms with E-state index in [1.54, 1.807) is 0 Å². The van der Waals surface area contributed by atoms with Gasteiger partial charge in [0.15, 0.2) is 0 Å². The van der Waals surface area contributed by atoms with Crippen LogP contribution in [0.4, 0.5) is 5.95 Å². The van der Waals surface area contributed by atoms with Crippen LogP contribution in [0.5, 0.6) is 0 Å². The van der Waals surface area contributed by atoms with Crippen LogP contribution in [0, 0.1) is 21.6 Å². The van der Waals surface area contributed by atoms with E-state index in [9.17, 15) is 10.1 Å². The highest BCUT2D eigenvalue weighted by Gasteiger charge is 2.16. The lowest BCUT2D eigenvalue weighted by Crippen LogP contribution is -1.99. The first-order chi connectivity index (χ1) is 4.75. The molecule has 8 nitrogen and oxygen atoms in total. The van der Waals surface area contributed by atoms with Crippen molar-refractivity contribution < 1.29 is 4.92 Å². The van der Waals surface area contributed by atoms with Crippen molar-refractivity contribution in [1.29, 1.82) is 5.26 Å². The number of nitriles is 1. The van der Waals surface area contributed by atoms with E-state index in [4.69, 9.17) is 5.26 Å². The fraction of sp³-hybridized carbons (Fsp3) is 0. The summed E-state index contributed by atoms with van der Waals surface area (Å²) in [5.41, 5.74) is 0. The molecule has 10 heavy (non-hydrogen) atoms. The van der Waals surface area contributed by atoms with E-state index in [0.717, 1.165) is 0 Å². The summed E-state index contributed by atoms with van der Waals surface area (Å²) in [5, 5.41) is 26.9. The number of aromatic nitrogens is 4. The van der Waals surface area contributed by atoms with Crippen molar-refractivity contribution in [2.75, 3.05) is 0 Å². The van der Waals surface area contributed by atoms with Crippen LogP contribution in [0.3, 0.4) is 0 Å². The number of hydrogen-bond acceptors (Lipinski definition) is 6. The van der Waals surface area contributed by atoms with Crippen LogP contribution in [-0.4, -0.2) is 25.1 Å². The van der Waals surface area contributed by atoms with Gasteiger partial charge in [-0.1, -0.05) is 0 Å². The molecule has 0 amide bonds. The third-order valence-electron chi connectivity index (χ3n) is 0.711. The number of nitro groups is 1. The highest BCUT2D eigenvalue weighted by molar-refractivity contribution is 5.03. The first-order valence-electron chi connectivity index (χ1n) is 2.08. The van der Waals surface area contributed by atoms with Crippen molar-refractivity contribution in [3.8, 4) is 6.19 Å². The Morgan fingerprint density at radius 2 is 2.50 bits per heavy atom. The molecule has 1 aromatic heterocycles. The minimum atomic E-state index is -0.844. The molecule has 0 aliphatic rings. The lowest BCUT2D eigenvalue weighted by molar-refractivity contribution is -0.396. The molecule has 0 aliphatic heterocycles. The molecule has 8 heteroatoms. The van der Waals surface area contributed by atoms with Crippen molar-refractivity contribution in [2.24, 2.45) is 0 Å². The van der Waals surface area contributed by atoms with Crippen LogP contribution in [0.1, 0.15) is 0 Å². The SMILES string of the molecule is N#Cn1nnnc1[N+](=O)[O-]. The molecule has 1 heterocycles. The van der Waals surface area contributed by atoms with Gasteiger partial charge in [0, 0.05) is 0 Å². The molecule has 50 valence electrons. The summed E-state index contributed by atoms with van der Waals surface area (Å²) in [6.45, 7) is 0. The van der Waals surface area contributed by atoms with Gasteiger partial charge in [0.25, 0.3) is 6.19 Å². The zero-order chi connectivity index (χ0) is 7.56. The van der Waals surface area contributed by atoms with Gasteiger partial charge in [0.1, 0.15) is 0 Å². The molecule has 0 atom stereocenters. The maximum atomic E-state index is 9.93. The molecule has 0 radical (unpaired) electrons. The first-order valence-corrected chi connectivity index (χ1v) is 2.08. The fourth-order valence-corrected chi connectivity index (χ4v) is 0.361. The molecular weight excluding hydrogens is 140 g/mol. The first kappa shape index (κ1) is 6.09. The normalized spacial score (nSPS) is 8.70. The van der Waals surface area contributed by atoms with Gasteiger partial charge in [0.05, 0.1) is 15.5 Å². The summed E-state index contributed by atoms with van der Waals surface area (Å²) < 4.78 is 0.417. The van der Waals surface area contributed by atoms with Crippen LogP contribution < -0.4 is 0 Å². The maximum Gasteiger partial charge on any atom is 0.494 e. The second-order valence-electron chi connectivity index (χ2n) is 1.25. The highest BCUT2D eigenvalue weighted by Crippen LogP contribution is 1.98. The Labute approximate surface area is 53.8 Å². The standard InChI is InChI=1S/C2N6O2/c3-1-7-2(8(9)10)4-5-6-7. The third-order valence-corrected chi connectivity index (χ3v) is 0.711.